The zero-order valence-corrected chi connectivity index (χ0v) is 18.8. The number of benzene rings is 2. The molecule has 4 rings (SSSR count). The molecule has 9 heteroatoms. The molecule has 1 aliphatic rings. The fourth-order valence-corrected chi connectivity index (χ4v) is 3.63. The molecule has 1 aromatic heterocycles. The second-order valence-electron chi connectivity index (χ2n) is 7.58. The van der Waals surface area contributed by atoms with Gasteiger partial charge in [0.25, 0.3) is 5.91 Å². The van der Waals surface area contributed by atoms with E-state index in [4.69, 9.17) is 13.9 Å². The van der Waals surface area contributed by atoms with Crippen LogP contribution in [0.4, 0.5) is 4.79 Å². The van der Waals surface area contributed by atoms with Gasteiger partial charge in [0.1, 0.15) is 0 Å². The number of esters is 1. The highest BCUT2D eigenvalue weighted by Crippen LogP contribution is 2.28. The predicted molar refractivity (Wildman–Crippen MR) is 123 cm³/mol. The molecule has 0 bridgehead atoms. The van der Waals surface area contributed by atoms with Crippen LogP contribution >= 0.6 is 0 Å². The van der Waals surface area contributed by atoms with Crippen molar-refractivity contribution in [3.63, 3.8) is 0 Å². The van der Waals surface area contributed by atoms with Crippen LogP contribution < -0.4 is 0 Å². The van der Waals surface area contributed by atoms with Crippen LogP contribution in [0.1, 0.15) is 17.3 Å². The van der Waals surface area contributed by atoms with Crippen LogP contribution in [-0.2, 0) is 14.3 Å². The molecular formula is C25H25N3O6. The molecule has 0 aliphatic carbocycles. The molecule has 9 nitrogen and oxygen atoms in total. The Morgan fingerprint density at radius 2 is 1.59 bits per heavy atom. The van der Waals surface area contributed by atoms with Crippen LogP contribution in [0.3, 0.4) is 0 Å². The van der Waals surface area contributed by atoms with Crippen molar-refractivity contribution in [1.29, 1.82) is 0 Å². The Morgan fingerprint density at radius 1 is 0.912 bits per heavy atom. The van der Waals surface area contributed by atoms with Crippen LogP contribution in [0, 0.1) is 0 Å². The van der Waals surface area contributed by atoms with E-state index < -0.39 is 12.6 Å². The first kappa shape index (κ1) is 23.0. The Hall–Kier alpha value is -4.14. The average molecular weight is 463 g/mol. The molecule has 3 aromatic rings. The minimum Gasteiger partial charge on any atom is -0.452 e. The maximum atomic E-state index is 12.8. The second-order valence-corrected chi connectivity index (χ2v) is 7.58. The van der Waals surface area contributed by atoms with Gasteiger partial charge >= 0.3 is 12.1 Å². The van der Waals surface area contributed by atoms with Gasteiger partial charge in [0, 0.05) is 31.7 Å². The average Bonchev–Trinajstić information content (AvgIpc) is 3.38. The second kappa shape index (κ2) is 10.7. The first-order chi connectivity index (χ1) is 16.6. The Balaban J connectivity index is 1.37. The molecule has 2 aromatic carbocycles. The summed E-state index contributed by atoms with van der Waals surface area (Å²) in [5.74, 6) is -0.103. The van der Waals surface area contributed by atoms with E-state index in [9.17, 15) is 14.4 Å². The number of hydrogen-bond donors (Lipinski definition) is 0. The van der Waals surface area contributed by atoms with Gasteiger partial charge < -0.3 is 23.7 Å². The predicted octanol–water partition coefficient (Wildman–Crippen LogP) is 3.47. The zero-order chi connectivity index (χ0) is 23.9. The summed E-state index contributed by atoms with van der Waals surface area (Å²) < 4.78 is 16.2. The molecule has 34 heavy (non-hydrogen) atoms. The maximum absolute atomic E-state index is 12.8. The monoisotopic (exact) mass is 463 g/mol. The molecule has 2 amide bonds. The zero-order valence-electron chi connectivity index (χ0n) is 18.8. The largest absolute Gasteiger partial charge is 0.452 e. The van der Waals surface area contributed by atoms with Gasteiger partial charge in [-0.3, -0.25) is 4.79 Å². The summed E-state index contributed by atoms with van der Waals surface area (Å²) in [6.07, 6.45) is 1.21. The van der Waals surface area contributed by atoms with Crippen molar-refractivity contribution in [2.24, 2.45) is 0 Å². The Labute approximate surface area is 196 Å². The van der Waals surface area contributed by atoms with Crippen molar-refractivity contribution in [1.82, 2.24) is 14.8 Å². The van der Waals surface area contributed by atoms with Crippen LogP contribution in [-0.4, -0.2) is 72.1 Å². The number of ether oxygens (including phenoxy) is 2. The van der Waals surface area contributed by atoms with Gasteiger partial charge in [-0.25, -0.2) is 14.6 Å². The minimum atomic E-state index is -0.645. The van der Waals surface area contributed by atoms with Crippen LogP contribution in [0.2, 0.25) is 0 Å². The molecular weight excluding hydrogens is 438 g/mol. The lowest BCUT2D eigenvalue weighted by atomic mass is 10.1. The van der Waals surface area contributed by atoms with Gasteiger partial charge in [0.05, 0.1) is 23.9 Å². The van der Waals surface area contributed by atoms with E-state index in [1.807, 2.05) is 30.3 Å². The fourth-order valence-electron chi connectivity index (χ4n) is 3.63. The summed E-state index contributed by atoms with van der Waals surface area (Å²) in [5, 5.41) is 0. The van der Waals surface area contributed by atoms with E-state index in [2.05, 4.69) is 4.98 Å². The molecule has 0 atom stereocenters. The molecule has 176 valence electrons. The number of carbonyl (C=O) groups excluding carboxylic acids is 3. The number of nitrogens with zero attached hydrogens (tertiary/aromatic N) is 3. The number of amides is 2. The van der Waals surface area contributed by atoms with E-state index in [0.29, 0.717) is 44.1 Å². The van der Waals surface area contributed by atoms with E-state index in [-0.39, 0.29) is 23.5 Å². The van der Waals surface area contributed by atoms with Crippen LogP contribution in [0.25, 0.3) is 22.8 Å². The summed E-state index contributed by atoms with van der Waals surface area (Å²) in [6, 6.07) is 16.3. The lowest BCUT2D eigenvalue weighted by Crippen LogP contribution is -2.51. The highest BCUT2D eigenvalue weighted by Gasteiger charge is 2.26. The number of carbonyl (C=O) groups is 3. The molecule has 0 saturated carbocycles. The lowest BCUT2D eigenvalue weighted by Gasteiger charge is -2.33. The van der Waals surface area contributed by atoms with E-state index in [1.54, 1.807) is 47.2 Å². The summed E-state index contributed by atoms with van der Waals surface area (Å²) >= 11 is 0. The van der Waals surface area contributed by atoms with Crippen molar-refractivity contribution < 1.29 is 28.3 Å². The van der Waals surface area contributed by atoms with Gasteiger partial charge in [-0.15, -0.1) is 0 Å². The Bertz CT molecular complexity index is 1150. The molecule has 0 radical (unpaired) electrons. The van der Waals surface area contributed by atoms with Crippen molar-refractivity contribution in [2.75, 3.05) is 39.4 Å². The normalized spacial score (nSPS) is 13.4. The summed E-state index contributed by atoms with van der Waals surface area (Å²) in [7, 11) is 0. The standard InChI is InChI=1S/C25H25N3O6/c1-2-32-25(31)28-14-12-27(13-15-28)22(29)17-33-24(30)20-11-7-6-10-19(20)23-26-16-21(34-23)18-8-4-3-5-9-18/h3-11,16H,2,12-15,17H2,1H3. The topological polar surface area (TPSA) is 102 Å². The number of hydrogen-bond acceptors (Lipinski definition) is 7. The molecule has 1 saturated heterocycles. The van der Waals surface area contributed by atoms with Gasteiger partial charge in [-0.1, -0.05) is 42.5 Å². The van der Waals surface area contributed by atoms with Crippen molar-refractivity contribution >= 4 is 18.0 Å². The summed E-state index contributed by atoms with van der Waals surface area (Å²) in [5.41, 5.74) is 1.60. The summed E-state index contributed by atoms with van der Waals surface area (Å²) in [4.78, 5) is 44.5. The van der Waals surface area contributed by atoms with Crippen molar-refractivity contribution in [2.45, 2.75) is 6.92 Å². The SMILES string of the molecule is CCOC(=O)N1CCN(C(=O)COC(=O)c2ccccc2-c2ncc(-c3ccccc3)o2)CC1. The third-order valence-electron chi connectivity index (χ3n) is 5.43. The maximum Gasteiger partial charge on any atom is 0.409 e. The van der Waals surface area contributed by atoms with Gasteiger partial charge in [-0.05, 0) is 19.1 Å². The highest BCUT2D eigenvalue weighted by atomic mass is 16.6. The Morgan fingerprint density at radius 3 is 2.32 bits per heavy atom. The number of piperazine rings is 1. The first-order valence-corrected chi connectivity index (χ1v) is 11.0. The van der Waals surface area contributed by atoms with Crippen LogP contribution in [0.5, 0.6) is 0 Å². The van der Waals surface area contributed by atoms with Gasteiger partial charge in [-0.2, -0.15) is 0 Å². The highest BCUT2D eigenvalue weighted by molar-refractivity contribution is 5.97. The van der Waals surface area contributed by atoms with E-state index >= 15 is 0 Å². The molecule has 2 heterocycles. The van der Waals surface area contributed by atoms with E-state index in [1.165, 1.54) is 0 Å². The summed E-state index contributed by atoms with van der Waals surface area (Å²) in [6.45, 7) is 3.09. The number of rotatable bonds is 6. The third-order valence-corrected chi connectivity index (χ3v) is 5.43. The van der Waals surface area contributed by atoms with Crippen molar-refractivity contribution in [3.05, 3.63) is 66.4 Å². The molecule has 1 fully saturated rings. The Kier molecular flexibility index (Phi) is 7.22. The smallest absolute Gasteiger partial charge is 0.409 e. The fraction of sp³-hybridized carbons (Fsp3) is 0.280. The van der Waals surface area contributed by atoms with Gasteiger partial charge in [0.15, 0.2) is 12.4 Å². The van der Waals surface area contributed by atoms with Crippen LogP contribution in [0.15, 0.2) is 65.2 Å². The number of aromatic nitrogens is 1. The third kappa shape index (κ3) is 5.25. The van der Waals surface area contributed by atoms with Crippen molar-refractivity contribution in [3.8, 4) is 22.8 Å². The first-order valence-electron chi connectivity index (χ1n) is 11.0. The molecule has 0 N–H and O–H groups in total. The molecule has 0 spiro atoms. The van der Waals surface area contributed by atoms with Gasteiger partial charge in [0.2, 0.25) is 5.89 Å². The molecule has 0 unspecified atom stereocenters. The molecule has 1 aliphatic heterocycles. The number of oxazole rings is 1. The quantitative estimate of drug-likeness (QED) is 0.516. The van der Waals surface area contributed by atoms with E-state index in [0.717, 1.165) is 5.56 Å². The lowest BCUT2D eigenvalue weighted by molar-refractivity contribution is -0.136. The minimum absolute atomic E-state index is 0.254.